The summed E-state index contributed by atoms with van der Waals surface area (Å²) in [7, 11) is 0. The lowest BCUT2D eigenvalue weighted by molar-refractivity contribution is -0.138. The van der Waals surface area contributed by atoms with Gasteiger partial charge in [0.05, 0.1) is 5.69 Å². The SMILES string of the molecule is CCCC(N=Nc1ccc(Cl)cc1)C(=O)O. The predicted octanol–water partition coefficient (Wildman–Crippen LogP) is 3.68. The van der Waals surface area contributed by atoms with Gasteiger partial charge < -0.3 is 5.11 Å². The number of hydrogen-bond donors (Lipinski definition) is 1. The van der Waals surface area contributed by atoms with Gasteiger partial charge in [0.1, 0.15) is 0 Å². The molecule has 0 radical (unpaired) electrons. The summed E-state index contributed by atoms with van der Waals surface area (Å²) in [5.41, 5.74) is 0.603. The summed E-state index contributed by atoms with van der Waals surface area (Å²) in [6.07, 6.45) is 1.25. The second-order valence-electron chi connectivity index (χ2n) is 3.33. The molecule has 0 spiro atoms. The summed E-state index contributed by atoms with van der Waals surface area (Å²) < 4.78 is 0. The largest absolute Gasteiger partial charge is 0.480 e. The van der Waals surface area contributed by atoms with E-state index >= 15 is 0 Å². The van der Waals surface area contributed by atoms with Crippen molar-refractivity contribution in [2.24, 2.45) is 10.2 Å². The molecule has 0 aromatic heterocycles. The first-order chi connectivity index (χ1) is 7.63. The van der Waals surface area contributed by atoms with Crippen LogP contribution in [0, 0.1) is 0 Å². The molecule has 1 N–H and O–H groups in total. The van der Waals surface area contributed by atoms with Crippen molar-refractivity contribution in [1.82, 2.24) is 0 Å². The number of aliphatic carboxylic acids is 1. The number of rotatable bonds is 5. The fraction of sp³-hybridized carbons (Fsp3) is 0.364. The Bertz CT molecular complexity index is 376. The van der Waals surface area contributed by atoms with E-state index in [4.69, 9.17) is 16.7 Å². The number of benzene rings is 1. The minimum atomic E-state index is -0.945. The highest BCUT2D eigenvalue weighted by Crippen LogP contribution is 2.17. The third-order valence-corrected chi connectivity index (χ3v) is 2.24. The Balaban J connectivity index is 2.70. The minimum Gasteiger partial charge on any atom is -0.480 e. The maximum atomic E-state index is 10.8. The van der Waals surface area contributed by atoms with Gasteiger partial charge in [0.15, 0.2) is 6.04 Å². The molecule has 1 aromatic carbocycles. The third-order valence-electron chi connectivity index (χ3n) is 1.99. The highest BCUT2D eigenvalue weighted by Gasteiger charge is 2.14. The van der Waals surface area contributed by atoms with Gasteiger partial charge in [0.2, 0.25) is 0 Å². The van der Waals surface area contributed by atoms with Crippen molar-refractivity contribution in [2.75, 3.05) is 0 Å². The first kappa shape index (κ1) is 12.6. The van der Waals surface area contributed by atoms with Crippen LogP contribution in [-0.4, -0.2) is 17.1 Å². The second kappa shape index (κ2) is 6.23. The summed E-state index contributed by atoms with van der Waals surface area (Å²) in [4.78, 5) is 10.8. The Kier molecular flexibility index (Phi) is 4.92. The van der Waals surface area contributed by atoms with Crippen molar-refractivity contribution >= 4 is 23.3 Å². The van der Waals surface area contributed by atoms with Gasteiger partial charge >= 0.3 is 5.97 Å². The summed E-state index contributed by atoms with van der Waals surface area (Å²) in [6, 6.07) is 5.99. The van der Waals surface area contributed by atoms with Crippen molar-refractivity contribution in [2.45, 2.75) is 25.8 Å². The van der Waals surface area contributed by atoms with Crippen molar-refractivity contribution < 1.29 is 9.90 Å². The summed E-state index contributed by atoms with van der Waals surface area (Å²) >= 11 is 5.71. The van der Waals surface area contributed by atoms with Gasteiger partial charge in [-0.1, -0.05) is 24.9 Å². The number of nitrogens with zero attached hydrogens (tertiary/aromatic N) is 2. The molecular weight excluding hydrogens is 228 g/mol. The molecule has 1 unspecified atom stereocenters. The average Bonchev–Trinajstić information content (AvgIpc) is 2.26. The molecule has 0 aliphatic rings. The second-order valence-corrected chi connectivity index (χ2v) is 3.77. The van der Waals surface area contributed by atoms with E-state index in [1.807, 2.05) is 6.92 Å². The average molecular weight is 241 g/mol. The Morgan fingerprint density at radius 1 is 1.44 bits per heavy atom. The van der Waals surface area contributed by atoms with Crippen LogP contribution < -0.4 is 0 Å². The van der Waals surface area contributed by atoms with Crippen molar-refractivity contribution in [1.29, 1.82) is 0 Å². The molecule has 1 rings (SSSR count). The first-order valence-electron chi connectivity index (χ1n) is 5.02. The summed E-state index contributed by atoms with van der Waals surface area (Å²) in [6.45, 7) is 1.91. The Morgan fingerprint density at radius 2 is 2.06 bits per heavy atom. The number of carboxylic acid groups (broad SMARTS) is 1. The maximum Gasteiger partial charge on any atom is 0.330 e. The van der Waals surface area contributed by atoms with E-state index in [2.05, 4.69) is 10.2 Å². The molecule has 0 aliphatic heterocycles. The number of azo groups is 1. The zero-order valence-corrected chi connectivity index (χ0v) is 9.68. The minimum absolute atomic E-state index is 0.492. The van der Waals surface area contributed by atoms with Crippen molar-refractivity contribution in [3.8, 4) is 0 Å². The molecule has 86 valence electrons. The molecule has 0 bridgehead atoms. The van der Waals surface area contributed by atoms with E-state index in [1.54, 1.807) is 24.3 Å². The number of halogens is 1. The molecule has 1 atom stereocenters. The van der Waals surface area contributed by atoms with E-state index in [1.165, 1.54) is 0 Å². The molecule has 0 saturated carbocycles. The van der Waals surface area contributed by atoms with E-state index in [9.17, 15) is 4.79 Å². The van der Waals surface area contributed by atoms with Crippen LogP contribution in [0.3, 0.4) is 0 Å². The standard InChI is InChI=1S/C11H13ClN2O2/c1-2-3-10(11(15)16)14-13-9-6-4-8(12)5-7-9/h4-7,10H,2-3H2,1H3,(H,15,16). The fourth-order valence-corrected chi connectivity index (χ4v) is 1.27. The maximum absolute atomic E-state index is 10.8. The van der Waals surface area contributed by atoms with Gasteiger partial charge in [0.25, 0.3) is 0 Å². The van der Waals surface area contributed by atoms with Crippen LogP contribution in [0.4, 0.5) is 5.69 Å². The van der Waals surface area contributed by atoms with Gasteiger partial charge in [-0.25, -0.2) is 4.79 Å². The van der Waals surface area contributed by atoms with Crippen LogP contribution in [0.25, 0.3) is 0 Å². The van der Waals surface area contributed by atoms with Gasteiger partial charge in [-0.05, 0) is 30.7 Å². The topological polar surface area (TPSA) is 62.0 Å². The van der Waals surface area contributed by atoms with Gasteiger partial charge in [-0.3, -0.25) is 0 Å². The Labute approximate surface area is 99.0 Å². The van der Waals surface area contributed by atoms with Crippen LogP contribution >= 0.6 is 11.6 Å². The monoisotopic (exact) mass is 240 g/mol. The number of hydrogen-bond acceptors (Lipinski definition) is 3. The predicted molar refractivity (Wildman–Crippen MR) is 62.3 cm³/mol. The molecule has 0 fully saturated rings. The van der Waals surface area contributed by atoms with E-state index in [-0.39, 0.29) is 0 Å². The third kappa shape index (κ3) is 3.98. The van der Waals surface area contributed by atoms with E-state index < -0.39 is 12.0 Å². The molecule has 0 heterocycles. The number of carboxylic acids is 1. The first-order valence-corrected chi connectivity index (χ1v) is 5.40. The molecule has 0 saturated heterocycles. The van der Waals surface area contributed by atoms with Crippen LogP contribution in [0.1, 0.15) is 19.8 Å². The van der Waals surface area contributed by atoms with Crippen LogP contribution in [0.15, 0.2) is 34.5 Å². The Hall–Kier alpha value is -1.42. The van der Waals surface area contributed by atoms with Crippen LogP contribution in [-0.2, 0) is 4.79 Å². The lowest BCUT2D eigenvalue weighted by Gasteiger charge is -2.02. The van der Waals surface area contributed by atoms with E-state index in [0.717, 1.165) is 6.42 Å². The lowest BCUT2D eigenvalue weighted by atomic mass is 10.2. The fourth-order valence-electron chi connectivity index (χ4n) is 1.15. The lowest BCUT2D eigenvalue weighted by Crippen LogP contribution is -2.16. The molecule has 4 nitrogen and oxygen atoms in total. The zero-order valence-electron chi connectivity index (χ0n) is 8.93. The molecule has 16 heavy (non-hydrogen) atoms. The zero-order chi connectivity index (χ0) is 12.0. The molecule has 0 amide bonds. The molecule has 5 heteroatoms. The Morgan fingerprint density at radius 3 is 2.56 bits per heavy atom. The van der Waals surface area contributed by atoms with Gasteiger partial charge in [0, 0.05) is 5.02 Å². The van der Waals surface area contributed by atoms with Gasteiger partial charge in [-0.2, -0.15) is 10.2 Å². The van der Waals surface area contributed by atoms with Crippen LogP contribution in [0.5, 0.6) is 0 Å². The molecule has 1 aromatic rings. The van der Waals surface area contributed by atoms with Gasteiger partial charge in [-0.15, -0.1) is 0 Å². The van der Waals surface area contributed by atoms with E-state index in [0.29, 0.717) is 17.1 Å². The summed E-state index contributed by atoms with van der Waals surface area (Å²) in [5, 5.41) is 17.1. The number of carbonyl (C=O) groups is 1. The quantitative estimate of drug-likeness (QED) is 0.798. The highest BCUT2D eigenvalue weighted by atomic mass is 35.5. The molecular formula is C11H13ClN2O2. The highest BCUT2D eigenvalue weighted by molar-refractivity contribution is 6.30. The molecule has 0 aliphatic carbocycles. The smallest absolute Gasteiger partial charge is 0.330 e. The van der Waals surface area contributed by atoms with Crippen molar-refractivity contribution in [3.63, 3.8) is 0 Å². The van der Waals surface area contributed by atoms with Crippen molar-refractivity contribution in [3.05, 3.63) is 29.3 Å². The normalized spacial score (nSPS) is 12.9. The summed E-state index contributed by atoms with van der Waals surface area (Å²) in [5.74, 6) is -0.945. The van der Waals surface area contributed by atoms with Crippen LogP contribution in [0.2, 0.25) is 5.02 Å².